The minimum absolute atomic E-state index is 0.194. The Labute approximate surface area is 209 Å². The molecule has 2 heterocycles. The fraction of sp³-hybridized carbons (Fsp3) is 0.667. The van der Waals surface area contributed by atoms with E-state index in [0.717, 1.165) is 11.6 Å². The highest BCUT2D eigenvalue weighted by atomic mass is 35.6. The quantitative estimate of drug-likeness (QED) is 0.397. The Kier molecular flexibility index (Phi) is 9.32. The lowest BCUT2D eigenvalue weighted by molar-refractivity contribution is -0.343. The molecule has 0 radical (unpaired) electrons. The van der Waals surface area contributed by atoms with Crippen LogP contribution in [0.1, 0.15) is 11.9 Å². The zero-order valence-electron chi connectivity index (χ0n) is 18.7. The molecule has 1 aromatic carbocycles. The number of alkyl carbamates (subject to hydrolysis) is 1. The fourth-order valence-electron chi connectivity index (χ4n) is 3.47. The summed E-state index contributed by atoms with van der Waals surface area (Å²) in [6.07, 6.45) is -4.98. The topological polar surface area (TPSA) is 95.5 Å². The van der Waals surface area contributed by atoms with E-state index in [1.807, 2.05) is 30.3 Å². The van der Waals surface area contributed by atoms with Crippen molar-refractivity contribution in [3.05, 3.63) is 35.9 Å². The van der Waals surface area contributed by atoms with Gasteiger partial charge >= 0.3 is 6.09 Å². The van der Waals surface area contributed by atoms with Crippen molar-refractivity contribution in [1.82, 2.24) is 5.32 Å². The lowest BCUT2D eigenvalue weighted by atomic mass is 9.96. The summed E-state index contributed by atoms with van der Waals surface area (Å²) in [5, 5.41) is 13.7. The Bertz CT molecular complexity index is 777. The number of alkyl halides is 3. The molecular formula is C21H30Cl3NO7Si. The Morgan fingerprint density at radius 1 is 1.21 bits per heavy atom. The predicted octanol–water partition coefficient (Wildman–Crippen LogP) is 4.01. The standard InChI is InChI=1S/C21H30Cl3NO7Si/c1-33(2,3)10-9-28-19-15(25-20(27)30-12-21(22,23)24)16(26)17-14(31-19)11-29-18(32-17)13-7-5-4-6-8-13/h4-8,14-19,26H,9-12H2,1-3H3,(H,25,27)/t14-,15-,16-,17-,18-,19-/m1/s1. The molecule has 3 rings (SSSR count). The molecule has 6 atom stereocenters. The first kappa shape index (κ1) is 27.0. The van der Waals surface area contributed by atoms with E-state index < -0.39 is 61.5 Å². The highest BCUT2D eigenvalue weighted by Crippen LogP contribution is 2.34. The molecule has 2 saturated heterocycles. The second-order valence-corrected chi connectivity index (χ2v) is 17.4. The van der Waals surface area contributed by atoms with E-state index in [2.05, 4.69) is 25.0 Å². The number of nitrogens with one attached hydrogen (secondary N) is 1. The van der Waals surface area contributed by atoms with E-state index in [0.29, 0.717) is 6.61 Å². The largest absolute Gasteiger partial charge is 0.445 e. The van der Waals surface area contributed by atoms with E-state index in [1.54, 1.807) is 0 Å². The fourth-order valence-corrected chi connectivity index (χ4v) is 4.37. The maximum absolute atomic E-state index is 12.3. The van der Waals surface area contributed by atoms with Crippen LogP contribution in [-0.4, -0.2) is 73.5 Å². The Morgan fingerprint density at radius 2 is 1.91 bits per heavy atom. The first-order valence-corrected chi connectivity index (χ1v) is 15.5. The van der Waals surface area contributed by atoms with Crippen molar-refractivity contribution < 1.29 is 33.6 Å². The molecular weight excluding hydrogens is 513 g/mol. The van der Waals surface area contributed by atoms with Crippen LogP contribution < -0.4 is 5.32 Å². The number of rotatable bonds is 7. The second kappa shape index (κ2) is 11.4. The SMILES string of the molecule is C[Si](C)(C)CCO[C@@H]1O[C@@H]2CO[C@@H](c3ccccc3)O[C@H]2[C@H](O)[C@H]1NC(=O)OCC(Cl)(Cl)Cl. The predicted molar refractivity (Wildman–Crippen MR) is 127 cm³/mol. The van der Waals surface area contributed by atoms with Crippen LogP contribution in [0, 0.1) is 0 Å². The van der Waals surface area contributed by atoms with Crippen LogP contribution in [0.5, 0.6) is 0 Å². The number of benzene rings is 1. The minimum atomic E-state index is -1.76. The number of aliphatic hydroxyl groups is 1. The molecule has 0 aromatic heterocycles. The monoisotopic (exact) mass is 541 g/mol. The number of fused-ring (bicyclic) bond motifs is 1. The molecule has 0 spiro atoms. The van der Waals surface area contributed by atoms with Gasteiger partial charge in [-0.3, -0.25) is 0 Å². The number of aliphatic hydroxyl groups excluding tert-OH is 1. The molecule has 33 heavy (non-hydrogen) atoms. The molecule has 12 heteroatoms. The van der Waals surface area contributed by atoms with Gasteiger partial charge in [0.1, 0.15) is 31.0 Å². The lowest BCUT2D eigenvalue weighted by Crippen LogP contribution is -2.67. The van der Waals surface area contributed by atoms with E-state index in [4.69, 9.17) is 58.5 Å². The molecule has 186 valence electrons. The summed E-state index contributed by atoms with van der Waals surface area (Å²) < 4.78 is 27.0. The number of ether oxygens (including phenoxy) is 5. The average molecular weight is 543 g/mol. The van der Waals surface area contributed by atoms with Crippen LogP contribution in [0.15, 0.2) is 30.3 Å². The van der Waals surface area contributed by atoms with Gasteiger partial charge in [-0.1, -0.05) is 84.8 Å². The molecule has 2 aliphatic rings. The maximum Gasteiger partial charge on any atom is 0.407 e. The molecule has 0 unspecified atom stereocenters. The molecule has 2 fully saturated rings. The molecule has 0 bridgehead atoms. The third-order valence-corrected chi connectivity index (χ3v) is 7.25. The zero-order chi connectivity index (χ0) is 24.2. The molecule has 0 saturated carbocycles. The van der Waals surface area contributed by atoms with Gasteiger partial charge in [-0.05, 0) is 6.04 Å². The highest BCUT2D eigenvalue weighted by Gasteiger charge is 2.50. The van der Waals surface area contributed by atoms with Crippen molar-refractivity contribution in [1.29, 1.82) is 0 Å². The smallest absolute Gasteiger partial charge is 0.407 e. The van der Waals surface area contributed by atoms with Gasteiger partial charge in [-0.2, -0.15) is 0 Å². The van der Waals surface area contributed by atoms with E-state index in [-0.39, 0.29) is 6.61 Å². The van der Waals surface area contributed by atoms with Crippen molar-refractivity contribution in [3.8, 4) is 0 Å². The second-order valence-electron chi connectivity index (χ2n) is 9.25. The maximum atomic E-state index is 12.3. The van der Waals surface area contributed by atoms with E-state index >= 15 is 0 Å². The van der Waals surface area contributed by atoms with Crippen LogP contribution in [-0.2, 0) is 23.7 Å². The van der Waals surface area contributed by atoms with Crippen LogP contribution in [0.3, 0.4) is 0 Å². The van der Waals surface area contributed by atoms with Gasteiger partial charge in [-0.25, -0.2) is 4.79 Å². The van der Waals surface area contributed by atoms with Crippen LogP contribution in [0.25, 0.3) is 0 Å². The van der Waals surface area contributed by atoms with Gasteiger partial charge in [0.2, 0.25) is 3.79 Å². The molecule has 1 aromatic rings. The first-order valence-electron chi connectivity index (χ1n) is 10.7. The highest BCUT2D eigenvalue weighted by molar-refractivity contribution is 6.76. The molecule has 2 aliphatic heterocycles. The van der Waals surface area contributed by atoms with Crippen molar-refractivity contribution in [3.63, 3.8) is 0 Å². The van der Waals surface area contributed by atoms with Gasteiger partial charge in [0, 0.05) is 20.2 Å². The normalized spacial score (nSPS) is 30.4. The third-order valence-electron chi connectivity index (χ3n) is 5.22. The van der Waals surface area contributed by atoms with Crippen LogP contribution >= 0.6 is 34.8 Å². The Balaban J connectivity index is 1.70. The summed E-state index contributed by atoms with van der Waals surface area (Å²) >= 11 is 17.0. The molecule has 0 aliphatic carbocycles. The van der Waals surface area contributed by atoms with Gasteiger partial charge < -0.3 is 34.1 Å². The summed E-state index contributed by atoms with van der Waals surface area (Å²) in [7, 11) is -1.38. The van der Waals surface area contributed by atoms with Gasteiger partial charge in [0.05, 0.1) is 6.61 Å². The minimum Gasteiger partial charge on any atom is -0.445 e. The summed E-state index contributed by atoms with van der Waals surface area (Å²) in [4.78, 5) is 12.3. The molecule has 1 amide bonds. The van der Waals surface area contributed by atoms with E-state index in [9.17, 15) is 9.90 Å². The number of halogens is 3. The zero-order valence-corrected chi connectivity index (χ0v) is 22.0. The lowest BCUT2D eigenvalue weighted by Gasteiger charge is -2.47. The van der Waals surface area contributed by atoms with Crippen molar-refractivity contribution in [2.45, 2.75) is 66.4 Å². The van der Waals surface area contributed by atoms with Gasteiger partial charge in [0.15, 0.2) is 12.6 Å². The number of amides is 1. The number of carbonyl (C=O) groups is 1. The molecule has 2 N–H and O–H groups in total. The summed E-state index contributed by atoms with van der Waals surface area (Å²) in [5.41, 5.74) is 0.809. The van der Waals surface area contributed by atoms with Crippen molar-refractivity contribution >= 4 is 49.0 Å². The Morgan fingerprint density at radius 3 is 2.55 bits per heavy atom. The first-order chi connectivity index (χ1) is 15.4. The van der Waals surface area contributed by atoms with E-state index in [1.165, 1.54) is 0 Å². The summed E-state index contributed by atoms with van der Waals surface area (Å²) in [5.74, 6) is 0. The number of hydrogen-bond acceptors (Lipinski definition) is 7. The van der Waals surface area contributed by atoms with Crippen molar-refractivity contribution in [2.75, 3.05) is 19.8 Å². The van der Waals surface area contributed by atoms with Crippen LogP contribution in [0.2, 0.25) is 25.7 Å². The van der Waals surface area contributed by atoms with Crippen molar-refractivity contribution in [2.24, 2.45) is 0 Å². The summed E-state index contributed by atoms with van der Waals surface area (Å²) in [6.45, 7) is 6.82. The number of hydrogen-bond donors (Lipinski definition) is 2. The average Bonchev–Trinajstić information content (AvgIpc) is 2.74. The Hall–Kier alpha value is -0.623. The molecule has 8 nitrogen and oxygen atoms in total. The van der Waals surface area contributed by atoms with Crippen LogP contribution in [0.4, 0.5) is 4.79 Å². The number of carbonyl (C=O) groups excluding carboxylic acids is 1. The van der Waals surface area contributed by atoms with Gasteiger partial charge in [-0.15, -0.1) is 0 Å². The summed E-state index contributed by atoms with van der Waals surface area (Å²) in [6, 6.07) is 9.28. The van der Waals surface area contributed by atoms with Gasteiger partial charge in [0.25, 0.3) is 0 Å². The third kappa shape index (κ3) is 8.23.